The Hall–Kier alpha value is -2.50. The number of aryl methyl sites for hydroxylation is 1. The molecule has 1 heterocycles. The Morgan fingerprint density at radius 3 is 2.70 bits per heavy atom. The zero-order valence-electron chi connectivity index (χ0n) is 11.1. The molecule has 0 aliphatic rings. The van der Waals surface area contributed by atoms with Gasteiger partial charge in [0, 0.05) is 6.07 Å². The van der Waals surface area contributed by atoms with Gasteiger partial charge in [-0.2, -0.15) is 5.10 Å². The van der Waals surface area contributed by atoms with Crippen LogP contribution in [-0.4, -0.2) is 16.1 Å². The lowest BCUT2D eigenvalue weighted by Gasteiger charge is -2.14. The zero-order valence-corrected chi connectivity index (χ0v) is 11.1. The van der Waals surface area contributed by atoms with Gasteiger partial charge in [-0.15, -0.1) is 0 Å². The number of H-pyrrole nitrogens is 1. The van der Waals surface area contributed by atoms with E-state index in [0.717, 1.165) is 0 Å². The van der Waals surface area contributed by atoms with Crippen molar-refractivity contribution in [2.45, 2.75) is 19.9 Å². The van der Waals surface area contributed by atoms with E-state index < -0.39 is 5.91 Å². The summed E-state index contributed by atoms with van der Waals surface area (Å²) < 4.78 is 13.5. The van der Waals surface area contributed by atoms with Gasteiger partial charge in [-0.3, -0.25) is 9.59 Å². The molecule has 0 aliphatic heterocycles. The number of aromatic amines is 1. The minimum atomic E-state index is -0.435. The van der Waals surface area contributed by atoms with E-state index in [1.54, 1.807) is 26.0 Å². The standard InChI is InChI=1S/C14H14FN3O2/c1-8-3-4-10(7-11(8)15)9(2)16-14(20)12-5-6-13(19)18-17-12/h3-7,9H,1-2H3,(H,16,20)(H,18,19). The Kier molecular flexibility index (Phi) is 3.93. The number of halogens is 1. The predicted molar refractivity (Wildman–Crippen MR) is 71.9 cm³/mol. The molecule has 2 aromatic rings. The summed E-state index contributed by atoms with van der Waals surface area (Å²) in [7, 11) is 0. The third-order valence-electron chi connectivity index (χ3n) is 2.96. The van der Waals surface area contributed by atoms with Gasteiger partial charge in [-0.1, -0.05) is 12.1 Å². The fourth-order valence-electron chi connectivity index (χ4n) is 1.70. The molecule has 0 aliphatic carbocycles. The second-order valence-corrected chi connectivity index (χ2v) is 4.51. The molecule has 1 amide bonds. The first-order chi connectivity index (χ1) is 9.47. The highest BCUT2D eigenvalue weighted by Gasteiger charge is 2.13. The maximum atomic E-state index is 13.5. The van der Waals surface area contributed by atoms with Gasteiger partial charge in [0.25, 0.3) is 11.5 Å². The Bertz CT molecular complexity index is 677. The van der Waals surface area contributed by atoms with Gasteiger partial charge in [0.15, 0.2) is 0 Å². The predicted octanol–water partition coefficient (Wildman–Crippen LogP) is 1.71. The number of hydrogen-bond donors (Lipinski definition) is 2. The van der Waals surface area contributed by atoms with E-state index in [0.29, 0.717) is 11.1 Å². The molecule has 1 unspecified atom stereocenters. The SMILES string of the molecule is Cc1ccc(C(C)NC(=O)c2ccc(=O)[nH]n2)cc1F. The third-order valence-corrected chi connectivity index (χ3v) is 2.96. The quantitative estimate of drug-likeness (QED) is 0.895. The van der Waals surface area contributed by atoms with Gasteiger partial charge in [-0.25, -0.2) is 9.49 Å². The van der Waals surface area contributed by atoms with E-state index >= 15 is 0 Å². The summed E-state index contributed by atoms with van der Waals surface area (Å²) in [6.07, 6.45) is 0. The Morgan fingerprint density at radius 1 is 1.35 bits per heavy atom. The number of aromatic nitrogens is 2. The number of amides is 1. The first-order valence-corrected chi connectivity index (χ1v) is 6.10. The van der Waals surface area contributed by atoms with Crippen molar-refractivity contribution in [2.75, 3.05) is 0 Å². The van der Waals surface area contributed by atoms with Crippen LogP contribution in [0.4, 0.5) is 4.39 Å². The zero-order chi connectivity index (χ0) is 14.7. The molecular formula is C14H14FN3O2. The van der Waals surface area contributed by atoms with E-state index in [2.05, 4.69) is 15.5 Å². The van der Waals surface area contributed by atoms with Gasteiger partial charge >= 0.3 is 0 Å². The summed E-state index contributed by atoms with van der Waals surface area (Å²) in [6, 6.07) is 6.98. The lowest BCUT2D eigenvalue weighted by molar-refractivity contribution is 0.0933. The average Bonchev–Trinajstić information content (AvgIpc) is 2.42. The third kappa shape index (κ3) is 3.09. The maximum Gasteiger partial charge on any atom is 0.272 e. The maximum absolute atomic E-state index is 13.5. The molecule has 6 heteroatoms. The Balaban J connectivity index is 2.12. The van der Waals surface area contributed by atoms with Crippen LogP contribution >= 0.6 is 0 Å². The number of hydrogen-bond acceptors (Lipinski definition) is 3. The van der Waals surface area contributed by atoms with E-state index in [1.165, 1.54) is 18.2 Å². The van der Waals surface area contributed by atoms with Gasteiger partial charge < -0.3 is 5.32 Å². The fourth-order valence-corrected chi connectivity index (χ4v) is 1.70. The number of rotatable bonds is 3. The minimum Gasteiger partial charge on any atom is -0.344 e. The van der Waals surface area contributed by atoms with Crippen LogP contribution in [0.1, 0.15) is 34.6 Å². The molecular weight excluding hydrogens is 261 g/mol. The van der Waals surface area contributed by atoms with Crippen LogP contribution in [-0.2, 0) is 0 Å². The van der Waals surface area contributed by atoms with Gasteiger partial charge in [0.2, 0.25) is 0 Å². The van der Waals surface area contributed by atoms with Crippen LogP contribution in [0, 0.1) is 12.7 Å². The molecule has 0 fully saturated rings. The van der Waals surface area contributed by atoms with Gasteiger partial charge in [0.05, 0.1) is 6.04 Å². The molecule has 1 aromatic carbocycles. The van der Waals surface area contributed by atoms with Crippen molar-refractivity contribution in [1.29, 1.82) is 0 Å². The lowest BCUT2D eigenvalue weighted by atomic mass is 10.1. The highest BCUT2D eigenvalue weighted by Crippen LogP contribution is 2.16. The summed E-state index contributed by atoms with van der Waals surface area (Å²) in [5, 5.41) is 8.51. The molecule has 0 spiro atoms. The molecule has 0 radical (unpaired) electrons. The van der Waals surface area contributed by atoms with Crippen LogP contribution in [0.2, 0.25) is 0 Å². The van der Waals surface area contributed by atoms with E-state index in [-0.39, 0.29) is 23.1 Å². The molecule has 104 valence electrons. The van der Waals surface area contributed by atoms with Crippen molar-refractivity contribution >= 4 is 5.91 Å². The second kappa shape index (κ2) is 5.64. The summed E-state index contributed by atoms with van der Waals surface area (Å²) in [5.41, 5.74) is 0.930. The van der Waals surface area contributed by atoms with Crippen molar-refractivity contribution in [1.82, 2.24) is 15.5 Å². The van der Waals surface area contributed by atoms with Crippen LogP contribution in [0.3, 0.4) is 0 Å². The van der Waals surface area contributed by atoms with E-state index in [9.17, 15) is 14.0 Å². The van der Waals surface area contributed by atoms with Crippen molar-refractivity contribution in [2.24, 2.45) is 0 Å². The number of benzene rings is 1. The Labute approximate surface area is 114 Å². The molecule has 2 N–H and O–H groups in total. The van der Waals surface area contributed by atoms with Gasteiger partial charge in [-0.05, 0) is 37.1 Å². The number of carbonyl (C=O) groups excluding carboxylic acids is 1. The number of nitrogens with zero attached hydrogens (tertiary/aromatic N) is 1. The molecule has 0 saturated heterocycles. The van der Waals surface area contributed by atoms with E-state index in [1.807, 2.05) is 0 Å². The number of carbonyl (C=O) groups is 1. The van der Waals surface area contributed by atoms with Crippen LogP contribution in [0.5, 0.6) is 0 Å². The molecule has 1 aromatic heterocycles. The summed E-state index contributed by atoms with van der Waals surface area (Å²) >= 11 is 0. The summed E-state index contributed by atoms with van der Waals surface area (Å²) in [6.45, 7) is 3.42. The van der Waals surface area contributed by atoms with Crippen molar-refractivity contribution in [3.63, 3.8) is 0 Å². The summed E-state index contributed by atoms with van der Waals surface area (Å²) in [4.78, 5) is 22.8. The van der Waals surface area contributed by atoms with Crippen LogP contribution in [0.15, 0.2) is 35.1 Å². The average molecular weight is 275 g/mol. The highest BCUT2D eigenvalue weighted by atomic mass is 19.1. The number of nitrogens with one attached hydrogen (secondary N) is 2. The largest absolute Gasteiger partial charge is 0.344 e. The second-order valence-electron chi connectivity index (χ2n) is 4.51. The van der Waals surface area contributed by atoms with Gasteiger partial charge in [0.1, 0.15) is 11.5 Å². The topological polar surface area (TPSA) is 74.8 Å². The fraction of sp³-hybridized carbons (Fsp3) is 0.214. The van der Waals surface area contributed by atoms with E-state index in [4.69, 9.17) is 0 Å². The molecule has 2 rings (SSSR count). The monoisotopic (exact) mass is 275 g/mol. The molecule has 20 heavy (non-hydrogen) atoms. The highest BCUT2D eigenvalue weighted by molar-refractivity contribution is 5.92. The first kappa shape index (κ1) is 13.9. The van der Waals surface area contributed by atoms with Crippen LogP contribution in [0.25, 0.3) is 0 Å². The molecule has 0 saturated carbocycles. The molecule has 1 atom stereocenters. The van der Waals surface area contributed by atoms with Crippen molar-refractivity contribution < 1.29 is 9.18 Å². The Morgan fingerprint density at radius 2 is 2.10 bits per heavy atom. The normalized spacial score (nSPS) is 11.9. The summed E-state index contributed by atoms with van der Waals surface area (Å²) in [5.74, 6) is -0.750. The minimum absolute atomic E-state index is 0.101. The smallest absolute Gasteiger partial charge is 0.272 e. The molecule has 5 nitrogen and oxygen atoms in total. The first-order valence-electron chi connectivity index (χ1n) is 6.10. The van der Waals surface area contributed by atoms with Crippen LogP contribution < -0.4 is 10.9 Å². The van der Waals surface area contributed by atoms with Crippen molar-refractivity contribution in [3.8, 4) is 0 Å². The lowest BCUT2D eigenvalue weighted by Crippen LogP contribution is -2.28. The molecule has 0 bridgehead atoms. The van der Waals surface area contributed by atoms with Crippen molar-refractivity contribution in [3.05, 3.63) is 63.3 Å².